The fraction of sp³-hybridized carbons (Fsp3) is 0.130. The maximum absolute atomic E-state index is 12.2. The fourth-order valence-electron chi connectivity index (χ4n) is 2.49. The smallest absolute Gasteiger partial charge is 0.412 e. The number of hydrogen-bond acceptors (Lipinski definition) is 5. The summed E-state index contributed by atoms with van der Waals surface area (Å²) in [5, 5.41) is 5.23. The Kier molecular flexibility index (Phi) is 7.68. The van der Waals surface area contributed by atoms with E-state index in [1.807, 2.05) is 30.3 Å². The van der Waals surface area contributed by atoms with Gasteiger partial charge in [-0.3, -0.25) is 10.6 Å². The van der Waals surface area contributed by atoms with Crippen LogP contribution in [-0.2, 0) is 9.47 Å². The number of benzene rings is 3. The maximum Gasteiger partial charge on any atom is 0.412 e. The molecule has 7 heteroatoms. The van der Waals surface area contributed by atoms with Crippen molar-refractivity contribution < 1.29 is 23.8 Å². The second-order valence-electron chi connectivity index (χ2n) is 6.23. The van der Waals surface area contributed by atoms with Gasteiger partial charge in [0.25, 0.3) is 0 Å². The van der Waals surface area contributed by atoms with Crippen LogP contribution in [0.5, 0.6) is 5.75 Å². The molecule has 3 aromatic rings. The molecule has 0 aromatic heterocycles. The van der Waals surface area contributed by atoms with E-state index in [2.05, 4.69) is 10.6 Å². The predicted octanol–water partition coefficient (Wildman–Crippen LogP) is 4.93. The van der Waals surface area contributed by atoms with Crippen LogP contribution < -0.4 is 15.4 Å². The zero-order chi connectivity index (χ0) is 21.0. The number of carbonyl (C=O) groups is 2. The molecule has 0 unspecified atom stereocenters. The van der Waals surface area contributed by atoms with E-state index in [1.165, 1.54) is 0 Å². The molecule has 0 saturated heterocycles. The lowest BCUT2D eigenvalue weighted by molar-refractivity contribution is 0.0290. The minimum Gasteiger partial charge on any atom is -0.490 e. The van der Waals surface area contributed by atoms with E-state index < -0.39 is 18.3 Å². The van der Waals surface area contributed by atoms with Crippen molar-refractivity contribution in [1.29, 1.82) is 0 Å². The lowest BCUT2D eigenvalue weighted by atomic mass is 10.3. The van der Waals surface area contributed by atoms with Gasteiger partial charge in [0, 0.05) is 11.4 Å². The van der Waals surface area contributed by atoms with E-state index in [1.54, 1.807) is 60.7 Å². The van der Waals surface area contributed by atoms with Crippen LogP contribution in [0.4, 0.5) is 21.0 Å². The molecule has 1 atom stereocenters. The molecule has 0 aliphatic rings. The third-order valence-corrected chi connectivity index (χ3v) is 3.89. The van der Waals surface area contributed by atoms with E-state index >= 15 is 0 Å². The van der Waals surface area contributed by atoms with Crippen LogP contribution in [0.2, 0.25) is 0 Å². The minimum atomic E-state index is -0.810. The van der Waals surface area contributed by atoms with Crippen LogP contribution in [0.15, 0.2) is 91.0 Å². The van der Waals surface area contributed by atoms with Crippen molar-refractivity contribution in [3.8, 4) is 5.75 Å². The Morgan fingerprint density at radius 1 is 0.667 bits per heavy atom. The van der Waals surface area contributed by atoms with Crippen molar-refractivity contribution in [1.82, 2.24) is 0 Å². The largest absolute Gasteiger partial charge is 0.490 e. The molecular formula is C23H22N2O5. The molecule has 0 fully saturated rings. The molecule has 30 heavy (non-hydrogen) atoms. The number of hydrogen-bond donors (Lipinski definition) is 2. The van der Waals surface area contributed by atoms with E-state index in [9.17, 15) is 9.59 Å². The van der Waals surface area contributed by atoms with Crippen LogP contribution in [0, 0.1) is 0 Å². The highest BCUT2D eigenvalue weighted by atomic mass is 16.6. The Bertz CT molecular complexity index is 920. The highest BCUT2D eigenvalue weighted by molar-refractivity contribution is 5.85. The van der Waals surface area contributed by atoms with Crippen molar-refractivity contribution in [2.75, 3.05) is 23.8 Å². The summed E-state index contributed by atoms with van der Waals surface area (Å²) in [6.45, 7) is -0.154. The van der Waals surface area contributed by atoms with Crippen LogP contribution in [0.1, 0.15) is 0 Å². The quantitative estimate of drug-likeness (QED) is 0.554. The Balaban J connectivity index is 1.55. The lowest BCUT2D eigenvalue weighted by Crippen LogP contribution is -2.33. The molecule has 0 radical (unpaired) electrons. The van der Waals surface area contributed by atoms with Gasteiger partial charge in [0.05, 0.1) is 0 Å². The summed E-state index contributed by atoms with van der Waals surface area (Å²) >= 11 is 0. The van der Waals surface area contributed by atoms with Crippen molar-refractivity contribution in [2.24, 2.45) is 0 Å². The Morgan fingerprint density at radius 3 is 1.73 bits per heavy atom. The molecule has 0 spiro atoms. The van der Waals surface area contributed by atoms with Gasteiger partial charge in [-0.2, -0.15) is 0 Å². The second-order valence-corrected chi connectivity index (χ2v) is 6.23. The Labute approximate surface area is 174 Å². The average Bonchev–Trinajstić information content (AvgIpc) is 2.77. The summed E-state index contributed by atoms with van der Waals surface area (Å²) in [6.07, 6.45) is -2.14. The first-order chi connectivity index (χ1) is 14.7. The van der Waals surface area contributed by atoms with E-state index in [-0.39, 0.29) is 13.2 Å². The summed E-state index contributed by atoms with van der Waals surface area (Å²) in [5.41, 5.74) is 1.19. The number of rotatable bonds is 8. The molecule has 0 saturated carbocycles. The molecule has 0 heterocycles. The van der Waals surface area contributed by atoms with Gasteiger partial charge in [0.2, 0.25) is 0 Å². The van der Waals surface area contributed by atoms with Crippen molar-refractivity contribution >= 4 is 23.6 Å². The van der Waals surface area contributed by atoms with Gasteiger partial charge >= 0.3 is 12.2 Å². The standard InChI is InChI=1S/C23H22N2O5/c26-22(24-18-10-4-1-5-11-18)29-17-21(16-28-20-14-8-3-9-15-20)30-23(27)25-19-12-6-2-7-13-19/h1-15,21H,16-17H2,(H,24,26)(H,25,27)/t21-/m0/s1. The zero-order valence-electron chi connectivity index (χ0n) is 16.2. The molecule has 2 amide bonds. The van der Waals surface area contributed by atoms with Gasteiger partial charge in [0.1, 0.15) is 19.0 Å². The highest BCUT2D eigenvalue weighted by Crippen LogP contribution is 2.11. The van der Waals surface area contributed by atoms with Crippen LogP contribution in [0.25, 0.3) is 0 Å². The van der Waals surface area contributed by atoms with Gasteiger partial charge < -0.3 is 14.2 Å². The summed E-state index contributed by atoms with van der Waals surface area (Å²) in [6, 6.07) is 26.9. The number of amides is 2. The van der Waals surface area contributed by atoms with Crippen LogP contribution >= 0.6 is 0 Å². The fourth-order valence-corrected chi connectivity index (χ4v) is 2.49. The first-order valence-electron chi connectivity index (χ1n) is 9.38. The number of para-hydroxylation sites is 3. The number of nitrogens with one attached hydrogen (secondary N) is 2. The summed E-state index contributed by atoms with van der Waals surface area (Å²) in [7, 11) is 0. The summed E-state index contributed by atoms with van der Waals surface area (Å²) < 4.78 is 16.3. The molecule has 3 rings (SSSR count). The zero-order valence-corrected chi connectivity index (χ0v) is 16.2. The topological polar surface area (TPSA) is 85.9 Å². The first-order valence-corrected chi connectivity index (χ1v) is 9.38. The van der Waals surface area contributed by atoms with Gasteiger partial charge in [-0.05, 0) is 36.4 Å². The molecule has 0 bridgehead atoms. The molecule has 0 aliphatic heterocycles. The van der Waals surface area contributed by atoms with Gasteiger partial charge in [0.15, 0.2) is 6.10 Å². The molecule has 7 nitrogen and oxygen atoms in total. The van der Waals surface area contributed by atoms with Crippen molar-refractivity contribution in [2.45, 2.75) is 6.10 Å². The minimum absolute atomic E-state index is 0.0187. The van der Waals surface area contributed by atoms with E-state index in [0.717, 1.165) is 0 Å². The van der Waals surface area contributed by atoms with Crippen LogP contribution in [-0.4, -0.2) is 31.5 Å². The van der Waals surface area contributed by atoms with E-state index in [4.69, 9.17) is 14.2 Å². The third kappa shape index (κ3) is 7.20. The summed E-state index contributed by atoms with van der Waals surface area (Å²) in [5.74, 6) is 0.614. The first kappa shape index (κ1) is 20.7. The molecule has 0 aliphatic carbocycles. The summed E-state index contributed by atoms with van der Waals surface area (Å²) in [4.78, 5) is 24.3. The lowest BCUT2D eigenvalue weighted by Gasteiger charge is -2.19. The molecular weight excluding hydrogens is 384 g/mol. The monoisotopic (exact) mass is 406 g/mol. The van der Waals surface area contributed by atoms with Crippen molar-refractivity contribution in [3.63, 3.8) is 0 Å². The number of ether oxygens (including phenoxy) is 3. The second kappa shape index (κ2) is 11.1. The number of anilines is 2. The average molecular weight is 406 g/mol. The normalized spacial score (nSPS) is 11.1. The van der Waals surface area contributed by atoms with Gasteiger partial charge in [-0.1, -0.05) is 54.6 Å². The van der Waals surface area contributed by atoms with Crippen molar-refractivity contribution in [3.05, 3.63) is 91.0 Å². The van der Waals surface area contributed by atoms with Crippen LogP contribution in [0.3, 0.4) is 0 Å². The Morgan fingerprint density at radius 2 is 1.17 bits per heavy atom. The SMILES string of the molecule is O=C(Nc1ccccc1)OC[C@H](COc1ccccc1)OC(=O)Nc1ccccc1. The molecule has 154 valence electrons. The third-order valence-electron chi connectivity index (χ3n) is 3.89. The predicted molar refractivity (Wildman–Crippen MR) is 114 cm³/mol. The Hall–Kier alpha value is -4.00. The molecule has 3 aromatic carbocycles. The highest BCUT2D eigenvalue weighted by Gasteiger charge is 2.18. The van der Waals surface area contributed by atoms with Gasteiger partial charge in [-0.25, -0.2) is 9.59 Å². The van der Waals surface area contributed by atoms with E-state index in [0.29, 0.717) is 17.1 Å². The van der Waals surface area contributed by atoms with Gasteiger partial charge in [-0.15, -0.1) is 0 Å². The molecule has 2 N–H and O–H groups in total. The maximum atomic E-state index is 12.2. The number of carbonyl (C=O) groups excluding carboxylic acids is 2.